The van der Waals surface area contributed by atoms with Crippen LogP contribution in [0.3, 0.4) is 0 Å². The van der Waals surface area contributed by atoms with Gasteiger partial charge in [0, 0.05) is 34.7 Å². The molecule has 0 radical (unpaired) electrons. The Morgan fingerprint density at radius 3 is 2.48 bits per heavy atom. The first-order chi connectivity index (χ1) is 14.3. The number of carboxylic acid groups (broad SMARTS) is 1. The van der Waals surface area contributed by atoms with Crippen molar-refractivity contribution < 1.29 is 79.2 Å². The Labute approximate surface area is 219 Å². The number of ether oxygens (including phenoxy) is 1. The van der Waals surface area contributed by atoms with Gasteiger partial charge in [0.15, 0.2) is 0 Å². The Hall–Kier alpha value is -1.52. The van der Waals surface area contributed by atoms with E-state index in [0.717, 1.165) is 11.1 Å². The van der Waals surface area contributed by atoms with Gasteiger partial charge in [0.2, 0.25) is 0 Å². The number of aromatic nitrogens is 2. The molecule has 0 N–H and O–H groups in total. The summed E-state index contributed by atoms with van der Waals surface area (Å²) in [6, 6.07) is 11.2. The van der Waals surface area contributed by atoms with Crippen LogP contribution < -0.4 is 61.2 Å². The number of pyridine rings is 2. The van der Waals surface area contributed by atoms with Gasteiger partial charge in [0.05, 0.1) is 11.2 Å². The fraction of sp³-hybridized carbons (Fsp3) is 0.318. The van der Waals surface area contributed by atoms with Crippen molar-refractivity contribution in [1.82, 2.24) is 9.97 Å². The predicted octanol–water partition coefficient (Wildman–Crippen LogP) is 1.22. The number of hydrogen-bond donors (Lipinski definition) is 0. The molecule has 2 aromatic heterocycles. The molecule has 0 amide bonds. The molecular weight excluding hydrogens is 436 g/mol. The van der Waals surface area contributed by atoms with E-state index in [0.29, 0.717) is 42.5 Å². The molecule has 2 heterocycles. The maximum absolute atomic E-state index is 12.6. The Kier molecular flexibility index (Phi) is 7.75. The van der Waals surface area contributed by atoms with Gasteiger partial charge in [-0.1, -0.05) is 18.2 Å². The van der Waals surface area contributed by atoms with Crippen molar-refractivity contribution in [2.75, 3.05) is 0 Å². The number of alkyl halides is 3. The molecule has 31 heavy (non-hydrogen) atoms. The molecule has 0 aliphatic heterocycles. The fourth-order valence-corrected chi connectivity index (χ4v) is 3.98. The summed E-state index contributed by atoms with van der Waals surface area (Å²) in [7, 11) is 0. The maximum atomic E-state index is 12.6. The molecule has 1 saturated carbocycles. The summed E-state index contributed by atoms with van der Waals surface area (Å²) in [6.45, 7) is 0. The predicted molar refractivity (Wildman–Crippen MR) is 101 cm³/mol. The van der Waals surface area contributed by atoms with Gasteiger partial charge >= 0.3 is 57.7 Å². The van der Waals surface area contributed by atoms with Crippen LogP contribution in [0.2, 0.25) is 0 Å². The largest absolute Gasteiger partial charge is 1.00 e. The van der Waals surface area contributed by atoms with E-state index >= 15 is 0 Å². The molecule has 0 bridgehead atoms. The van der Waals surface area contributed by atoms with E-state index < -0.39 is 18.2 Å². The fourth-order valence-electron chi connectivity index (χ4n) is 3.98. The van der Waals surface area contributed by atoms with Gasteiger partial charge in [-0.05, 0) is 55.9 Å². The van der Waals surface area contributed by atoms with E-state index in [-0.39, 0.29) is 63.1 Å². The van der Waals surface area contributed by atoms with Crippen molar-refractivity contribution in [3.8, 4) is 17.0 Å². The van der Waals surface area contributed by atoms with Gasteiger partial charge in [0.1, 0.15) is 5.75 Å². The Bertz CT molecular complexity index is 1080. The zero-order chi connectivity index (χ0) is 21.3. The summed E-state index contributed by atoms with van der Waals surface area (Å²) < 4.78 is 41.9. The van der Waals surface area contributed by atoms with E-state index in [9.17, 15) is 23.1 Å². The summed E-state index contributed by atoms with van der Waals surface area (Å²) in [5.41, 5.74) is 2.29. The molecule has 0 atom stereocenters. The maximum Gasteiger partial charge on any atom is 1.00 e. The second-order valence-corrected chi connectivity index (χ2v) is 7.41. The number of fused-ring (bicyclic) bond motifs is 1. The van der Waals surface area contributed by atoms with Crippen molar-refractivity contribution in [2.24, 2.45) is 5.92 Å². The van der Waals surface area contributed by atoms with E-state index in [1.807, 2.05) is 12.1 Å². The molecule has 1 aliphatic rings. The zero-order valence-electron chi connectivity index (χ0n) is 16.9. The average molecular weight is 454 g/mol. The number of carbonyl (C=O) groups excluding carboxylic acids is 1. The molecule has 4 rings (SSSR count). The van der Waals surface area contributed by atoms with Crippen LogP contribution in [0, 0.1) is 5.92 Å². The zero-order valence-corrected chi connectivity index (χ0v) is 20.0. The first-order valence-corrected chi connectivity index (χ1v) is 9.63. The summed E-state index contributed by atoms with van der Waals surface area (Å²) in [5, 5.41) is 11.9. The summed E-state index contributed by atoms with van der Waals surface area (Å²) in [5.74, 6) is -1.73. The number of aliphatic carboxylic acids is 1. The Balaban J connectivity index is 0.00000272. The second-order valence-electron chi connectivity index (χ2n) is 7.41. The number of hydrogen-bond acceptors (Lipinski definition) is 5. The number of nitrogens with zero attached hydrogens (tertiary/aromatic N) is 2. The number of halogens is 3. The third-order valence-corrected chi connectivity index (χ3v) is 5.43. The van der Waals surface area contributed by atoms with Crippen LogP contribution in [0.1, 0.15) is 37.3 Å². The van der Waals surface area contributed by atoms with Crippen molar-refractivity contribution in [3.05, 3.63) is 54.4 Å². The van der Waals surface area contributed by atoms with Crippen molar-refractivity contribution in [1.29, 1.82) is 0 Å². The first-order valence-electron chi connectivity index (χ1n) is 9.63. The van der Waals surface area contributed by atoms with Crippen LogP contribution in [0.5, 0.6) is 5.75 Å². The van der Waals surface area contributed by atoms with Crippen LogP contribution in [0.15, 0.2) is 48.7 Å². The van der Waals surface area contributed by atoms with Gasteiger partial charge in [-0.2, -0.15) is 0 Å². The van der Waals surface area contributed by atoms with Crippen molar-refractivity contribution in [2.45, 2.75) is 38.0 Å². The Morgan fingerprint density at radius 2 is 1.81 bits per heavy atom. The van der Waals surface area contributed by atoms with E-state index in [1.165, 1.54) is 18.2 Å². The molecule has 0 spiro atoms. The number of benzene rings is 1. The molecule has 5 nitrogen and oxygen atoms in total. The molecule has 1 aromatic carbocycles. The van der Waals surface area contributed by atoms with Crippen LogP contribution in [-0.2, 0) is 4.79 Å². The third kappa shape index (κ3) is 5.84. The summed E-state index contributed by atoms with van der Waals surface area (Å²) in [4.78, 5) is 20.2. The van der Waals surface area contributed by atoms with Crippen molar-refractivity contribution in [3.63, 3.8) is 0 Å². The minimum atomic E-state index is -4.79. The van der Waals surface area contributed by atoms with Gasteiger partial charge < -0.3 is 14.6 Å². The van der Waals surface area contributed by atoms with Crippen LogP contribution in [-0.4, -0.2) is 22.3 Å². The first kappa shape index (κ1) is 24.1. The molecule has 0 unspecified atom stereocenters. The van der Waals surface area contributed by atoms with Crippen LogP contribution in [0.4, 0.5) is 13.2 Å². The standard InChI is InChI=1S/C22H19F3N2O3.K/c23-22(24,25)30-17-5-1-3-15(11-17)20-19-16(4-2-10-26-19)12-18(27-20)13-6-8-14(9-7-13)21(28)29;/h1-5,10-14H,6-9H2,(H,28,29);/q;+1/p-1. The Morgan fingerprint density at radius 1 is 1.06 bits per heavy atom. The molecule has 0 saturated heterocycles. The normalized spacial score (nSPS) is 18.9. The number of rotatable bonds is 4. The molecular formula is C22H18F3KN2O3. The molecule has 156 valence electrons. The van der Waals surface area contributed by atoms with Crippen molar-refractivity contribution >= 4 is 16.9 Å². The smallest absolute Gasteiger partial charge is 0.550 e. The molecule has 1 aliphatic carbocycles. The van der Waals surface area contributed by atoms with Gasteiger partial charge in [-0.15, -0.1) is 13.2 Å². The van der Waals surface area contributed by atoms with E-state index in [1.54, 1.807) is 18.3 Å². The second kappa shape index (κ2) is 9.95. The van der Waals surface area contributed by atoms with Crippen LogP contribution in [0.25, 0.3) is 22.2 Å². The van der Waals surface area contributed by atoms with E-state index in [2.05, 4.69) is 9.72 Å². The SMILES string of the molecule is O=C([O-])C1CCC(c2cc3cccnc3c(-c3cccc(OC(F)(F)F)c3)n2)CC1.[K+]. The minimum absolute atomic E-state index is 0. The molecule has 1 fully saturated rings. The number of carboxylic acids is 1. The van der Waals surface area contributed by atoms with Gasteiger partial charge in [0.25, 0.3) is 0 Å². The van der Waals surface area contributed by atoms with Gasteiger partial charge in [-0.3, -0.25) is 9.97 Å². The monoisotopic (exact) mass is 454 g/mol. The average Bonchev–Trinajstić information content (AvgIpc) is 2.72. The van der Waals surface area contributed by atoms with Crippen LogP contribution >= 0.6 is 0 Å². The number of carbonyl (C=O) groups is 1. The summed E-state index contributed by atoms with van der Waals surface area (Å²) in [6.07, 6.45) is -0.823. The summed E-state index contributed by atoms with van der Waals surface area (Å²) >= 11 is 0. The third-order valence-electron chi connectivity index (χ3n) is 5.43. The molecule has 9 heteroatoms. The van der Waals surface area contributed by atoms with E-state index in [4.69, 9.17) is 4.98 Å². The molecule has 3 aromatic rings. The van der Waals surface area contributed by atoms with Gasteiger partial charge in [-0.25, -0.2) is 0 Å². The minimum Gasteiger partial charge on any atom is -0.550 e. The quantitative estimate of drug-likeness (QED) is 0.555. The topological polar surface area (TPSA) is 75.1 Å².